The molecule has 2 N–H and O–H groups in total. The number of benzene rings is 1. The fraction of sp³-hybridized carbons (Fsp3) is 0.375. The van der Waals surface area contributed by atoms with Gasteiger partial charge in [-0.05, 0) is 44.0 Å². The summed E-state index contributed by atoms with van der Waals surface area (Å²) in [5, 5.41) is 1.02. The lowest BCUT2D eigenvalue weighted by Gasteiger charge is -2.39. The van der Waals surface area contributed by atoms with Crippen molar-refractivity contribution in [1.29, 1.82) is 0 Å². The Kier molecular flexibility index (Phi) is 2.86. The number of nitrogens with zero attached hydrogens (tertiary/aromatic N) is 1. The highest BCUT2D eigenvalue weighted by atomic mass is 16.1. The number of aromatic nitrogens is 1. The zero-order chi connectivity index (χ0) is 13.5. The van der Waals surface area contributed by atoms with E-state index in [0.29, 0.717) is 6.54 Å². The van der Waals surface area contributed by atoms with E-state index in [-0.39, 0.29) is 11.2 Å². The lowest BCUT2D eigenvalue weighted by atomic mass is 9.64. The highest BCUT2D eigenvalue weighted by molar-refractivity contribution is 6.03. The van der Waals surface area contributed by atoms with Crippen LogP contribution in [0.3, 0.4) is 0 Å². The minimum atomic E-state index is -0.300. The van der Waals surface area contributed by atoms with Crippen LogP contribution in [-0.4, -0.2) is 17.3 Å². The fourth-order valence-electron chi connectivity index (χ4n) is 2.80. The largest absolute Gasteiger partial charge is 0.329 e. The van der Waals surface area contributed by atoms with Gasteiger partial charge >= 0.3 is 0 Å². The van der Waals surface area contributed by atoms with Gasteiger partial charge in [0.15, 0.2) is 5.78 Å². The molecule has 3 heteroatoms. The first-order valence-electron chi connectivity index (χ1n) is 6.77. The number of fused-ring (bicyclic) bond motifs is 1. The molecule has 1 aromatic heterocycles. The number of carbonyl (C=O) groups is 1. The number of carbonyl (C=O) groups excluding carboxylic acids is 1. The summed E-state index contributed by atoms with van der Waals surface area (Å²) in [5.41, 5.74) is 8.20. The summed E-state index contributed by atoms with van der Waals surface area (Å²) in [6, 6.07) is 9.74. The Hall–Kier alpha value is -1.74. The Labute approximate surface area is 112 Å². The van der Waals surface area contributed by atoms with Crippen LogP contribution in [0.25, 0.3) is 10.9 Å². The van der Waals surface area contributed by atoms with Crippen LogP contribution in [0.2, 0.25) is 0 Å². The van der Waals surface area contributed by atoms with E-state index in [1.165, 1.54) is 0 Å². The van der Waals surface area contributed by atoms with Gasteiger partial charge in [-0.3, -0.25) is 9.78 Å². The van der Waals surface area contributed by atoms with Gasteiger partial charge in [0.05, 0.1) is 5.52 Å². The minimum Gasteiger partial charge on any atom is -0.329 e. The van der Waals surface area contributed by atoms with E-state index in [0.717, 1.165) is 41.4 Å². The van der Waals surface area contributed by atoms with Crippen LogP contribution < -0.4 is 5.73 Å². The zero-order valence-corrected chi connectivity index (χ0v) is 11.1. The molecule has 0 bridgehead atoms. The number of rotatable bonds is 3. The molecule has 0 aliphatic heterocycles. The summed E-state index contributed by atoms with van der Waals surface area (Å²) in [6.07, 6.45) is 2.95. The Balaban J connectivity index is 2.01. The number of ketones is 1. The summed E-state index contributed by atoms with van der Waals surface area (Å²) >= 11 is 0. The number of hydrogen-bond acceptors (Lipinski definition) is 3. The average Bonchev–Trinajstić information content (AvgIpc) is 2.37. The van der Waals surface area contributed by atoms with Gasteiger partial charge in [-0.25, -0.2) is 0 Å². The molecule has 1 aliphatic rings. The van der Waals surface area contributed by atoms with Crippen molar-refractivity contribution in [2.24, 2.45) is 11.1 Å². The molecule has 0 radical (unpaired) electrons. The van der Waals surface area contributed by atoms with E-state index in [1.807, 2.05) is 37.3 Å². The fourth-order valence-corrected chi connectivity index (χ4v) is 2.80. The van der Waals surface area contributed by atoms with Gasteiger partial charge in [0.1, 0.15) is 0 Å². The van der Waals surface area contributed by atoms with Gasteiger partial charge in [0.2, 0.25) is 0 Å². The topological polar surface area (TPSA) is 56.0 Å². The van der Waals surface area contributed by atoms with Crippen LogP contribution in [0.5, 0.6) is 0 Å². The molecule has 1 saturated carbocycles. The first-order chi connectivity index (χ1) is 9.14. The first kappa shape index (κ1) is 12.3. The van der Waals surface area contributed by atoms with Crippen molar-refractivity contribution >= 4 is 16.7 Å². The average molecular weight is 254 g/mol. The predicted octanol–water partition coefficient (Wildman–Crippen LogP) is 2.85. The molecular formula is C16H18N2O. The van der Waals surface area contributed by atoms with Crippen LogP contribution in [-0.2, 0) is 0 Å². The van der Waals surface area contributed by atoms with Gasteiger partial charge in [-0.2, -0.15) is 0 Å². The number of aryl methyl sites for hydroxylation is 1. The van der Waals surface area contributed by atoms with Crippen LogP contribution >= 0.6 is 0 Å². The molecule has 0 amide bonds. The highest BCUT2D eigenvalue weighted by Crippen LogP contribution is 2.42. The third-order valence-corrected chi connectivity index (χ3v) is 4.27. The lowest BCUT2D eigenvalue weighted by molar-refractivity contribution is 0.0636. The third-order valence-electron chi connectivity index (χ3n) is 4.27. The molecule has 3 rings (SSSR count). The molecule has 1 aliphatic carbocycles. The molecule has 98 valence electrons. The molecular weight excluding hydrogens is 236 g/mol. The van der Waals surface area contributed by atoms with E-state index in [1.54, 1.807) is 0 Å². The summed E-state index contributed by atoms with van der Waals surface area (Å²) in [5.74, 6) is 0.198. The number of Topliss-reactive ketones (excluding diaryl/α,β-unsaturated/α-hetero) is 1. The van der Waals surface area contributed by atoms with Crippen LogP contribution in [0.1, 0.15) is 35.3 Å². The Morgan fingerprint density at radius 2 is 2.11 bits per heavy atom. The maximum atomic E-state index is 12.6. The minimum absolute atomic E-state index is 0.198. The second-order valence-corrected chi connectivity index (χ2v) is 5.53. The van der Waals surface area contributed by atoms with Crippen molar-refractivity contribution in [1.82, 2.24) is 4.98 Å². The summed E-state index contributed by atoms with van der Waals surface area (Å²) < 4.78 is 0. The molecule has 0 spiro atoms. The SMILES string of the molecule is Cc1ccc2cc(C(=O)C3(CN)CCC3)ccc2n1. The third kappa shape index (κ3) is 1.94. The quantitative estimate of drug-likeness (QED) is 0.857. The number of nitrogens with two attached hydrogens (primary N) is 1. The van der Waals surface area contributed by atoms with E-state index in [9.17, 15) is 4.79 Å². The summed E-state index contributed by atoms with van der Waals surface area (Å²) in [4.78, 5) is 17.0. The van der Waals surface area contributed by atoms with Crippen molar-refractivity contribution in [3.63, 3.8) is 0 Å². The molecule has 1 fully saturated rings. The summed E-state index contributed by atoms with van der Waals surface area (Å²) in [7, 11) is 0. The van der Waals surface area contributed by atoms with Crippen LogP contribution in [0, 0.1) is 12.3 Å². The second kappa shape index (κ2) is 4.42. The number of pyridine rings is 1. The van der Waals surface area contributed by atoms with E-state index in [2.05, 4.69) is 4.98 Å². The molecule has 1 heterocycles. The van der Waals surface area contributed by atoms with Crippen LogP contribution in [0.4, 0.5) is 0 Å². The van der Waals surface area contributed by atoms with Crippen LogP contribution in [0.15, 0.2) is 30.3 Å². The molecule has 3 nitrogen and oxygen atoms in total. The highest BCUT2D eigenvalue weighted by Gasteiger charge is 2.42. The Bertz CT molecular complexity index is 639. The van der Waals surface area contributed by atoms with Gasteiger partial charge in [0.25, 0.3) is 0 Å². The van der Waals surface area contributed by atoms with Gasteiger partial charge in [0, 0.05) is 28.6 Å². The van der Waals surface area contributed by atoms with Gasteiger partial charge < -0.3 is 5.73 Å². The lowest BCUT2D eigenvalue weighted by Crippen LogP contribution is -2.44. The number of hydrogen-bond donors (Lipinski definition) is 1. The Morgan fingerprint density at radius 1 is 1.32 bits per heavy atom. The van der Waals surface area contributed by atoms with Crippen molar-refractivity contribution in [2.45, 2.75) is 26.2 Å². The molecule has 1 aromatic carbocycles. The second-order valence-electron chi connectivity index (χ2n) is 5.53. The first-order valence-corrected chi connectivity index (χ1v) is 6.77. The maximum absolute atomic E-state index is 12.6. The van der Waals surface area contributed by atoms with Crippen molar-refractivity contribution in [2.75, 3.05) is 6.54 Å². The standard InChI is InChI=1S/C16H18N2O/c1-11-3-4-12-9-13(5-6-14(12)18-11)15(19)16(10-17)7-2-8-16/h3-6,9H,2,7-8,10,17H2,1H3. The monoisotopic (exact) mass is 254 g/mol. The molecule has 2 aromatic rings. The molecule has 19 heavy (non-hydrogen) atoms. The molecule has 0 unspecified atom stereocenters. The molecule has 0 atom stereocenters. The van der Waals surface area contributed by atoms with Gasteiger partial charge in [-0.15, -0.1) is 0 Å². The summed E-state index contributed by atoms with van der Waals surface area (Å²) in [6.45, 7) is 2.42. The van der Waals surface area contributed by atoms with Crippen molar-refractivity contribution in [3.05, 3.63) is 41.6 Å². The smallest absolute Gasteiger partial charge is 0.170 e. The van der Waals surface area contributed by atoms with Crippen molar-refractivity contribution < 1.29 is 4.79 Å². The Morgan fingerprint density at radius 3 is 2.74 bits per heavy atom. The van der Waals surface area contributed by atoms with Crippen molar-refractivity contribution in [3.8, 4) is 0 Å². The van der Waals surface area contributed by atoms with E-state index < -0.39 is 0 Å². The van der Waals surface area contributed by atoms with E-state index >= 15 is 0 Å². The normalized spacial score (nSPS) is 17.2. The van der Waals surface area contributed by atoms with E-state index in [4.69, 9.17) is 5.73 Å². The predicted molar refractivity (Wildman–Crippen MR) is 76.1 cm³/mol. The van der Waals surface area contributed by atoms with Gasteiger partial charge in [-0.1, -0.05) is 12.5 Å². The maximum Gasteiger partial charge on any atom is 0.170 e. The molecule has 0 saturated heterocycles. The zero-order valence-electron chi connectivity index (χ0n) is 11.1.